The lowest BCUT2D eigenvalue weighted by atomic mass is 10.2. The maximum absolute atomic E-state index is 12.9. The van der Waals surface area contributed by atoms with Crippen LogP contribution < -0.4 is 26.2 Å². The van der Waals surface area contributed by atoms with E-state index in [0.29, 0.717) is 22.8 Å². The lowest BCUT2D eigenvalue weighted by Crippen LogP contribution is -2.32. The second-order valence-electron chi connectivity index (χ2n) is 7.45. The Kier molecular flexibility index (Phi) is 6.94. The number of aryl methyl sites for hydroxylation is 3. The van der Waals surface area contributed by atoms with Gasteiger partial charge in [-0.25, -0.2) is 4.79 Å². The zero-order chi connectivity index (χ0) is 23.3. The van der Waals surface area contributed by atoms with E-state index in [0.717, 1.165) is 11.1 Å². The first-order valence-electron chi connectivity index (χ1n) is 10.1. The molecule has 166 valence electrons. The van der Waals surface area contributed by atoms with Crippen molar-refractivity contribution in [1.29, 1.82) is 0 Å². The number of amides is 3. The molecule has 3 aromatic rings. The SMILES string of the molecule is COc1ccc(NC(=O)Cn2c(C)ccc(NC(=O)Nc3ccc(C)cc3)c2=O)c(C)c1. The van der Waals surface area contributed by atoms with E-state index in [-0.39, 0.29) is 18.1 Å². The fourth-order valence-corrected chi connectivity index (χ4v) is 3.12. The zero-order valence-corrected chi connectivity index (χ0v) is 18.5. The second kappa shape index (κ2) is 9.82. The molecule has 0 atom stereocenters. The smallest absolute Gasteiger partial charge is 0.323 e. The number of anilines is 3. The van der Waals surface area contributed by atoms with E-state index in [9.17, 15) is 14.4 Å². The van der Waals surface area contributed by atoms with Gasteiger partial charge in [0.1, 0.15) is 18.0 Å². The Morgan fingerprint density at radius 1 is 0.875 bits per heavy atom. The number of nitrogens with zero attached hydrogens (tertiary/aromatic N) is 1. The van der Waals surface area contributed by atoms with Crippen molar-refractivity contribution in [1.82, 2.24) is 4.57 Å². The van der Waals surface area contributed by atoms with Crippen molar-refractivity contribution in [2.24, 2.45) is 0 Å². The number of benzene rings is 2. The number of hydrogen-bond donors (Lipinski definition) is 3. The van der Waals surface area contributed by atoms with E-state index >= 15 is 0 Å². The van der Waals surface area contributed by atoms with Crippen molar-refractivity contribution in [3.05, 3.63) is 81.8 Å². The molecule has 3 N–H and O–H groups in total. The number of carbonyl (C=O) groups excluding carboxylic acids is 2. The summed E-state index contributed by atoms with van der Waals surface area (Å²) in [6, 6.07) is 15.2. The van der Waals surface area contributed by atoms with Gasteiger partial charge in [0.15, 0.2) is 0 Å². The number of hydrogen-bond acceptors (Lipinski definition) is 4. The normalized spacial score (nSPS) is 10.4. The lowest BCUT2D eigenvalue weighted by molar-refractivity contribution is -0.116. The summed E-state index contributed by atoms with van der Waals surface area (Å²) in [6.07, 6.45) is 0. The molecular weight excluding hydrogens is 408 g/mol. The summed E-state index contributed by atoms with van der Waals surface area (Å²) in [5.74, 6) is 0.333. The summed E-state index contributed by atoms with van der Waals surface area (Å²) in [5.41, 5.74) is 3.36. The first kappa shape index (κ1) is 22.6. The van der Waals surface area contributed by atoms with Crippen LogP contribution in [0, 0.1) is 20.8 Å². The Morgan fingerprint density at radius 2 is 1.56 bits per heavy atom. The quantitative estimate of drug-likeness (QED) is 0.544. The summed E-state index contributed by atoms with van der Waals surface area (Å²) in [4.78, 5) is 37.8. The van der Waals surface area contributed by atoms with Gasteiger partial charge in [-0.1, -0.05) is 17.7 Å². The van der Waals surface area contributed by atoms with Gasteiger partial charge in [0.25, 0.3) is 5.56 Å². The summed E-state index contributed by atoms with van der Waals surface area (Å²) >= 11 is 0. The van der Waals surface area contributed by atoms with Gasteiger partial charge >= 0.3 is 6.03 Å². The average molecular weight is 434 g/mol. The highest BCUT2D eigenvalue weighted by Crippen LogP contribution is 2.21. The Morgan fingerprint density at radius 3 is 2.22 bits per heavy atom. The molecule has 0 unspecified atom stereocenters. The van der Waals surface area contributed by atoms with Gasteiger partial charge in [-0.05, 0) is 68.8 Å². The second-order valence-corrected chi connectivity index (χ2v) is 7.45. The molecule has 0 fully saturated rings. The van der Waals surface area contributed by atoms with E-state index in [1.165, 1.54) is 10.6 Å². The third-order valence-corrected chi connectivity index (χ3v) is 4.96. The van der Waals surface area contributed by atoms with Gasteiger partial charge in [0.05, 0.1) is 7.11 Å². The molecule has 8 nitrogen and oxygen atoms in total. The predicted molar refractivity (Wildman–Crippen MR) is 126 cm³/mol. The molecule has 3 amide bonds. The van der Waals surface area contributed by atoms with Crippen LogP contribution in [0.2, 0.25) is 0 Å². The molecule has 0 bridgehead atoms. The van der Waals surface area contributed by atoms with E-state index in [1.54, 1.807) is 44.4 Å². The molecular formula is C24H26N4O4. The minimum atomic E-state index is -0.542. The minimum Gasteiger partial charge on any atom is -0.497 e. The standard InChI is InChI=1S/C24H26N4O4/c1-15-5-8-18(9-6-15)25-24(31)27-21-11-7-17(3)28(23(21)30)14-22(29)26-20-12-10-19(32-4)13-16(20)2/h5-13H,14H2,1-4H3,(H,26,29)(H2,25,27,31). The van der Waals surface area contributed by atoms with Gasteiger partial charge < -0.3 is 25.3 Å². The van der Waals surface area contributed by atoms with E-state index in [1.807, 2.05) is 32.0 Å². The van der Waals surface area contributed by atoms with Crippen molar-refractivity contribution >= 4 is 29.0 Å². The largest absolute Gasteiger partial charge is 0.497 e. The molecule has 0 saturated heterocycles. The van der Waals surface area contributed by atoms with Crippen LogP contribution in [-0.2, 0) is 11.3 Å². The maximum Gasteiger partial charge on any atom is 0.323 e. The summed E-state index contributed by atoms with van der Waals surface area (Å²) < 4.78 is 6.49. The minimum absolute atomic E-state index is 0.0774. The molecule has 0 aliphatic rings. The van der Waals surface area contributed by atoms with Crippen molar-refractivity contribution in [2.45, 2.75) is 27.3 Å². The monoisotopic (exact) mass is 434 g/mol. The number of ether oxygens (including phenoxy) is 1. The number of rotatable bonds is 6. The highest BCUT2D eigenvalue weighted by molar-refractivity contribution is 5.99. The fourth-order valence-electron chi connectivity index (χ4n) is 3.12. The molecule has 8 heteroatoms. The van der Waals surface area contributed by atoms with Gasteiger partial charge in [-0.3, -0.25) is 9.59 Å². The summed E-state index contributed by atoms with van der Waals surface area (Å²) in [6.45, 7) is 5.34. The molecule has 0 radical (unpaired) electrons. The van der Waals surface area contributed by atoms with Crippen LogP contribution in [0.1, 0.15) is 16.8 Å². The Hall–Kier alpha value is -4.07. The third-order valence-electron chi connectivity index (χ3n) is 4.96. The summed E-state index contributed by atoms with van der Waals surface area (Å²) in [5, 5.41) is 8.04. The Bertz CT molecular complexity index is 1200. The van der Waals surface area contributed by atoms with Gasteiger partial charge in [-0.15, -0.1) is 0 Å². The van der Waals surface area contributed by atoms with Crippen LogP contribution in [0.4, 0.5) is 21.9 Å². The van der Waals surface area contributed by atoms with E-state index < -0.39 is 11.6 Å². The predicted octanol–water partition coefficient (Wildman–Crippen LogP) is 4.06. The van der Waals surface area contributed by atoms with Crippen LogP contribution >= 0.6 is 0 Å². The average Bonchev–Trinajstić information content (AvgIpc) is 2.76. The van der Waals surface area contributed by atoms with Crippen molar-refractivity contribution in [3.63, 3.8) is 0 Å². The third kappa shape index (κ3) is 5.54. The van der Waals surface area contributed by atoms with E-state index in [4.69, 9.17) is 4.74 Å². The van der Waals surface area contributed by atoms with Gasteiger partial charge in [0, 0.05) is 17.1 Å². The number of nitrogens with one attached hydrogen (secondary N) is 3. The highest BCUT2D eigenvalue weighted by Gasteiger charge is 2.13. The van der Waals surface area contributed by atoms with Crippen molar-refractivity contribution < 1.29 is 14.3 Å². The maximum atomic E-state index is 12.9. The van der Waals surface area contributed by atoms with E-state index in [2.05, 4.69) is 16.0 Å². The molecule has 0 saturated carbocycles. The fraction of sp³-hybridized carbons (Fsp3) is 0.208. The Labute approximate surface area is 186 Å². The topological polar surface area (TPSA) is 101 Å². The highest BCUT2D eigenvalue weighted by atomic mass is 16.5. The molecule has 1 aromatic heterocycles. The van der Waals surface area contributed by atoms with Crippen LogP contribution in [0.3, 0.4) is 0 Å². The number of aromatic nitrogens is 1. The molecule has 1 heterocycles. The lowest BCUT2D eigenvalue weighted by Gasteiger charge is -2.14. The molecule has 0 aliphatic carbocycles. The van der Waals surface area contributed by atoms with Crippen molar-refractivity contribution in [2.75, 3.05) is 23.1 Å². The first-order chi connectivity index (χ1) is 15.3. The van der Waals surface area contributed by atoms with Gasteiger partial charge in [-0.2, -0.15) is 0 Å². The molecule has 32 heavy (non-hydrogen) atoms. The number of carbonyl (C=O) groups is 2. The van der Waals surface area contributed by atoms with Crippen LogP contribution in [0.25, 0.3) is 0 Å². The molecule has 0 aliphatic heterocycles. The molecule has 0 spiro atoms. The van der Waals surface area contributed by atoms with Gasteiger partial charge in [0.2, 0.25) is 5.91 Å². The number of methoxy groups -OCH3 is 1. The van der Waals surface area contributed by atoms with Crippen LogP contribution in [0.5, 0.6) is 5.75 Å². The number of pyridine rings is 1. The zero-order valence-electron chi connectivity index (χ0n) is 18.5. The Balaban J connectivity index is 1.71. The van der Waals surface area contributed by atoms with Crippen LogP contribution in [-0.4, -0.2) is 23.6 Å². The van der Waals surface area contributed by atoms with Crippen molar-refractivity contribution in [3.8, 4) is 5.75 Å². The molecule has 3 rings (SSSR count). The first-order valence-corrected chi connectivity index (χ1v) is 10.1. The number of urea groups is 1. The molecule has 2 aromatic carbocycles. The summed E-state index contributed by atoms with van der Waals surface area (Å²) in [7, 11) is 1.57. The van der Waals surface area contributed by atoms with Crippen LogP contribution in [0.15, 0.2) is 59.4 Å².